The normalized spacial score (nSPS) is 15.3. The molecule has 0 bridgehead atoms. The molecule has 23 heavy (non-hydrogen) atoms. The minimum atomic E-state index is -1.29. The van der Waals surface area contributed by atoms with E-state index in [1.165, 1.54) is 0 Å². The molecule has 0 aliphatic carbocycles. The first-order valence-electron chi connectivity index (χ1n) is 8.33. The van der Waals surface area contributed by atoms with Crippen LogP contribution in [-0.2, 0) is 16.0 Å². The van der Waals surface area contributed by atoms with Crippen molar-refractivity contribution in [3.63, 3.8) is 0 Å². The molecule has 0 aliphatic rings. The van der Waals surface area contributed by atoms with E-state index in [0.29, 0.717) is 18.6 Å². The maximum Gasteiger partial charge on any atom is 0.357 e. The predicted molar refractivity (Wildman–Crippen MR) is 100 cm³/mol. The lowest BCUT2D eigenvalue weighted by Crippen LogP contribution is -2.31. The van der Waals surface area contributed by atoms with Crippen LogP contribution in [0.1, 0.15) is 52.4 Å². The molecule has 1 N–H and O–H groups in total. The second-order valence-corrected chi connectivity index (χ2v) is 6.85. The number of hydrogen-bond donors (Lipinski definition) is 1. The molecule has 2 unspecified atom stereocenters. The quantitative estimate of drug-likeness (QED) is 0.388. The lowest BCUT2D eigenvalue weighted by Gasteiger charge is -2.15. The monoisotopic (exact) mass is 338 g/mol. The van der Waals surface area contributed by atoms with Crippen LogP contribution in [-0.4, -0.2) is 26.6 Å². The van der Waals surface area contributed by atoms with Gasteiger partial charge in [0.1, 0.15) is 5.75 Å². The van der Waals surface area contributed by atoms with E-state index in [-0.39, 0.29) is 0 Å². The number of hydrogen-bond acceptors (Lipinski definition) is 2. The van der Waals surface area contributed by atoms with Gasteiger partial charge in [-0.2, -0.15) is 0 Å². The maximum atomic E-state index is 11.8. The summed E-state index contributed by atoms with van der Waals surface area (Å²) in [5.41, 5.74) is 0. The van der Waals surface area contributed by atoms with Crippen molar-refractivity contribution in [3.05, 3.63) is 48.6 Å². The SMILES string of the molecule is CCC=CCC=CCC=CCC=CCC[S+]([O-])C(CC)C(=O)O. The number of aliphatic carboxylic acids is 1. The molecule has 0 aromatic carbocycles. The third-order valence-corrected chi connectivity index (χ3v) is 4.98. The lowest BCUT2D eigenvalue weighted by atomic mass is 10.2. The zero-order valence-electron chi connectivity index (χ0n) is 14.3. The Morgan fingerprint density at radius 2 is 1.43 bits per heavy atom. The van der Waals surface area contributed by atoms with Crippen molar-refractivity contribution >= 4 is 17.1 Å². The number of carboxylic acids is 1. The van der Waals surface area contributed by atoms with Crippen LogP contribution in [0.5, 0.6) is 0 Å². The first-order valence-corrected chi connectivity index (χ1v) is 9.71. The van der Waals surface area contributed by atoms with Crippen LogP contribution < -0.4 is 0 Å². The van der Waals surface area contributed by atoms with Crippen molar-refractivity contribution in [1.82, 2.24) is 0 Å². The van der Waals surface area contributed by atoms with Gasteiger partial charge in [0.15, 0.2) is 0 Å². The van der Waals surface area contributed by atoms with Crippen molar-refractivity contribution in [2.45, 2.75) is 57.6 Å². The maximum absolute atomic E-state index is 11.8. The molecule has 0 aliphatic heterocycles. The van der Waals surface area contributed by atoms with Crippen LogP contribution in [0, 0.1) is 0 Å². The zero-order valence-corrected chi connectivity index (χ0v) is 15.1. The van der Waals surface area contributed by atoms with Crippen LogP contribution in [0.15, 0.2) is 48.6 Å². The molecule has 0 aromatic rings. The van der Waals surface area contributed by atoms with Crippen LogP contribution in [0.2, 0.25) is 0 Å². The fourth-order valence-corrected chi connectivity index (χ4v) is 3.15. The van der Waals surface area contributed by atoms with Crippen LogP contribution >= 0.6 is 0 Å². The fraction of sp³-hybridized carbons (Fsp3) is 0.526. The van der Waals surface area contributed by atoms with E-state index in [1.54, 1.807) is 6.92 Å². The van der Waals surface area contributed by atoms with Crippen molar-refractivity contribution in [2.24, 2.45) is 0 Å². The van der Waals surface area contributed by atoms with Gasteiger partial charge in [0.2, 0.25) is 5.25 Å². The Bertz CT molecular complexity index is 411. The molecular formula is C19H30O3S. The van der Waals surface area contributed by atoms with Crippen LogP contribution in [0.25, 0.3) is 0 Å². The lowest BCUT2D eigenvalue weighted by molar-refractivity contribution is -0.136. The Morgan fingerprint density at radius 3 is 1.87 bits per heavy atom. The highest BCUT2D eigenvalue weighted by Gasteiger charge is 2.27. The summed E-state index contributed by atoms with van der Waals surface area (Å²) in [4.78, 5) is 10.9. The Hall–Kier alpha value is -1.26. The fourth-order valence-electron chi connectivity index (χ4n) is 1.90. The van der Waals surface area contributed by atoms with Crippen molar-refractivity contribution in [2.75, 3.05) is 5.75 Å². The van der Waals surface area contributed by atoms with Gasteiger partial charge < -0.3 is 9.66 Å². The third kappa shape index (κ3) is 12.9. The standard InChI is InChI=1S/C19H30O3S/c1-3-5-6-7-8-9-10-11-12-13-14-15-16-17-23(22)18(4-2)19(20)21/h5-6,8-9,11-12,14-15,18H,3-4,7,10,13,16-17H2,1-2H3,(H,20,21). The summed E-state index contributed by atoms with van der Waals surface area (Å²) in [6.45, 7) is 3.88. The molecule has 0 aromatic heterocycles. The van der Waals surface area contributed by atoms with E-state index in [4.69, 9.17) is 5.11 Å². The molecule has 0 rings (SSSR count). The second-order valence-electron chi connectivity index (χ2n) is 5.11. The Labute approximate surface area is 144 Å². The molecule has 0 fully saturated rings. The van der Waals surface area contributed by atoms with Gasteiger partial charge in [0.05, 0.1) is 0 Å². The van der Waals surface area contributed by atoms with E-state index >= 15 is 0 Å². The van der Waals surface area contributed by atoms with Gasteiger partial charge >= 0.3 is 5.97 Å². The number of carboxylic acid groups (broad SMARTS) is 1. The van der Waals surface area contributed by atoms with Gasteiger partial charge in [-0.25, -0.2) is 4.79 Å². The number of carbonyl (C=O) groups is 1. The van der Waals surface area contributed by atoms with Gasteiger partial charge in [0.25, 0.3) is 0 Å². The van der Waals surface area contributed by atoms with Crippen LogP contribution in [0.3, 0.4) is 0 Å². The molecular weight excluding hydrogens is 308 g/mol. The molecule has 0 heterocycles. The minimum absolute atomic E-state index is 0.413. The first kappa shape index (κ1) is 21.7. The van der Waals surface area contributed by atoms with E-state index < -0.39 is 22.4 Å². The highest BCUT2D eigenvalue weighted by molar-refractivity contribution is 7.92. The third-order valence-electron chi connectivity index (χ3n) is 3.17. The Morgan fingerprint density at radius 1 is 0.957 bits per heavy atom. The van der Waals surface area contributed by atoms with Gasteiger partial charge in [-0.15, -0.1) is 0 Å². The molecule has 0 amide bonds. The summed E-state index contributed by atoms with van der Waals surface area (Å²) >= 11 is -1.29. The summed E-state index contributed by atoms with van der Waals surface area (Å²) in [7, 11) is 0. The first-order chi connectivity index (χ1) is 11.1. The molecule has 130 valence electrons. The summed E-state index contributed by atoms with van der Waals surface area (Å²) in [5, 5.41) is 8.18. The number of rotatable bonds is 13. The highest BCUT2D eigenvalue weighted by Crippen LogP contribution is 2.09. The largest absolute Gasteiger partial charge is 0.616 e. The summed E-state index contributed by atoms with van der Waals surface area (Å²) in [6.07, 6.45) is 21.8. The minimum Gasteiger partial charge on any atom is -0.616 e. The Balaban J connectivity index is 3.73. The van der Waals surface area contributed by atoms with Gasteiger partial charge in [-0.1, -0.05) is 62.5 Å². The van der Waals surface area contributed by atoms with Gasteiger partial charge in [-0.05, 0) is 36.9 Å². The smallest absolute Gasteiger partial charge is 0.357 e. The molecule has 3 nitrogen and oxygen atoms in total. The molecule has 0 saturated heterocycles. The van der Waals surface area contributed by atoms with Crippen molar-refractivity contribution in [1.29, 1.82) is 0 Å². The van der Waals surface area contributed by atoms with Gasteiger partial charge in [0, 0.05) is 12.8 Å². The summed E-state index contributed by atoms with van der Waals surface area (Å²) in [6, 6.07) is 0. The van der Waals surface area contributed by atoms with Crippen molar-refractivity contribution < 1.29 is 14.5 Å². The predicted octanol–water partition coefficient (Wildman–Crippen LogP) is 4.79. The molecule has 0 saturated carbocycles. The van der Waals surface area contributed by atoms with Crippen molar-refractivity contribution in [3.8, 4) is 0 Å². The second kappa shape index (κ2) is 15.6. The molecule has 0 radical (unpaired) electrons. The summed E-state index contributed by atoms with van der Waals surface area (Å²) < 4.78 is 11.8. The topological polar surface area (TPSA) is 60.4 Å². The average Bonchev–Trinajstić information content (AvgIpc) is 2.52. The van der Waals surface area contributed by atoms with E-state index in [1.807, 2.05) is 12.2 Å². The molecule has 0 spiro atoms. The van der Waals surface area contributed by atoms with E-state index in [9.17, 15) is 9.35 Å². The van der Waals surface area contributed by atoms with Crippen LogP contribution in [0.4, 0.5) is 0 Å². The summed E-state index contributed by atoms with van der Waals surface area (Å²) in [5.74, 6) is -0.546. The molecule has 4 heteroatoms. The molecule has 2 atom stereocenters. The number of allylic oxidation sites excluding steroid dienone is 8. The highest BCUT2D eigenvalue weighted by atomic mass is 32.2. The Kier molecular flexibility index (Phi) is 14.8. The zero-order chi connectivity index (χ0) is 17.3. The van der Waals surface area contributed by atoms with E-state index in [2.05, 4.69) is 43.4 Å². The average molecular weight is 339 g/mol. The van der Waals surface area contributed by atoms with E-state index in [0.717, 1.165) is 25.7 Å². The van der Waals surface area contributed by atoms with Gasteiger partial charge in [-0.3, -0.25) is 0 Å².